The van der Waals surface area contributed by atoms with Gasteiger partial charge in [-0.05, 0) is 35.4 Å². The first kappa shape index (κ1) is 18.9. The summed E-state index contributed by atoms with van der Waals surface area (Å²) in [5.74, 6) is 0.604. The summed E-state index contributed by atoms with van der Waals surface area (Å²) in [5, 5.41) is 3.04. The van der Waals surface area contributed by atoms with Gasteiger partial charge in [-0.3, -0.25) is 4.79 Å². The van der Waals surface area contributed by atoms with Crippen molar-refractivity contribution in [1.29, 1.82) is 0 Å². The van der Waals surface area contributed by atoms with Gasteiger partial charge >= 0.3 is 0 Å². The van der Waals surface area contributed by atoms with Crippen molar-refractivity contribution in [3.05, 3.63) is 72.4 Å². The van der Waals surface area contributed by atoms with E-state index >= 15 is 0 Å². The Kier molecular flexibility index (Phi) is 4.62. The molecule has 0 aliphatic carbocycles. The molecule has 0 N–H and O–H groups in total. The van der Waals surface area contributed by atoms with Crippen LogP contribution in [0, 0.1) is 0 Å². The topological polar surface area (TPSA) is 80.7 Å². The second-order valence-corrected chi connectivity index (χ2v) is 9.98. The predicted molar refractivity (Wildman–Crippen MR) is 114 cm³/mol. The van der Waals surface area contributed by atoms with E-state index in [4.69, 9.17) is 8.83 Å². The maximum atomic E-state index is 13.4. The van der Waals surface area contributed by atoms with Crippen LogP contribution in [0.25, 0.3) is 21.7 Å². The quantitative estimate of drug-likeness (QED) is 0.486. The van der Waals surface area contributed by atoms with E-state index in [9.17, 15) is 13.2 Å². The third-order valence-corrected chi connectivity index (χ3v) is 7.51. The number of fused-ring (bicyclic) bond motifs is 3. The van der Waals surface area contributed by atoms with Crippen molar-refractivity contribution in [2.45, 2.75) is 25.4 Å². The van der Waals surface area contributed by atoms with Gasteiger partial charge in [0.1, 0.15) is 11.3 Å². The van der Waals surface area contributed by atoms with E-state index in [2.05, 4.69) is 0 Å². The molecule has 1 aliphatic rings. The summed E-state index contributed by atoms with van der Waals surface area (Å²) >= 11 is 0. The van der Waals surface area contributed by atoms with Crippen LogP contribution in [0.15, 0.2) is 69.9 Å². The Labute approximate surface area is 174 Å². The summed E-state index contributed by atoms with van der Waals surface area (Å²) in [6.07, 6.45) is 3.77. The molecule has 1 saturated heterocycles. The molecule has 30 heavy (non-hydrogen) atoms. The first-order chi connectivity index (χ1) is 14.5. The Morgan fingerprint density at radius 3 is 2.70 bits per heavy atom. The van der Waals surface area contributed by atoms with Crippen molar-refractivity contribution in [2.24, 2.45) is 0 Å². The number of furan rings is 2. The largest absolute Gasteiger partial charge is 0.467 e. The van der Waals surface area contributed by atoms with E-state index in [1.54, 1.807) is 29.6 Å². The second kappa shape index (κ2) is 7.32. The van der Waals surface area contributed by atoms with Gasteiger partial charge in [0, 0.05) is 17.0 Å². The standard InChI is InChI=1S/C23H21NO5S/c25-22(24(13-19-5-3-10-28-19)18-9-11-30(26,27)15-18)12-17-14-29-21-8-7-16-4-1-2-6-20(16)23(17)21/h1-8,10,14,18H,9,11-13,15H2. The van der Waals surface area contributed by atoms with E-state index in [-0.39, 0.29) is 36.4 Å². The molecule has 0 radical (unpaired) electrons. The smallest absolute Gasteiger partial charge is 0.227 e. The normalized spacial score (nSPS) is 18.2. The second-order valence-electron chi connectivity index (χ2n) is 7.76. The molecule has 5 rings (SSSR count). The molecule has 7 heteroatoms. The lowest BCUT2D eigenvalue weighted by Crippen LogP contribution is -2.41. The molecule has 154 valence electrons. The molecule has 1 atom stereocenters. The fourth-order valence-corrected chi connectivity index (χ4v) is 6.01. The van der Waals surface area contributed by atoms with Crippen LogP contribution in [-0.4, -0.2) is 36.8 Å². The summed E-state index contributed by atoms with van der Waals surface area (Å²) in [7, 11) is -3.12. The fourth-order valence-electron chi connectivity index (χ4n) is 4.28. The van der Waals surface area contributed by atoms with Crippen molar-refractivity contribution in [3.63, 3.8) is 0 Å². The third-order valence-electron chi connectivity index (χ3n) is 5.76. The molecule has 4 aromatic rings. The van der Waals surface area contributed by atoms with Crippen LogP contribution in [0.3, 0.4) is 0 Å². The van der Waals surface area contributed by atoms with Gasteiger partial charge in [-0.15, -0.1) is 0 Å². The van der Waals surface area contributed by atoms with Crippen LogP contribution < -0.4 is 0 Å². The van der Waals surface area contributed by atoms with Crippen molar-refractivity contribution >= 4 is 37.5 Å². The molecule has 0 spiro atoms. The highest BCUT2D eigenvalue weighted by atomic mass is 32.2. The van der Waals surface area contributed by atoms with Crippen LogP contribution in [-0.2, 0) is 27.6 Å². The number of hydrogen-bond donors (Lipinski definition) is 0. The van der Waals surface area contributed by atoms with Crippen LogP contribution in [0.1, 0.15) is 17.7 Å². The SMILES string of the molecule is O=C(Cc1coc2ccc3ccccc3c12)N(Cc1ccco1)C1CCS(=O)(=O)C1. The lowest BCUT2D eigenvalue weighted by Gasteiger charge is -2.27. The Balaban J connectivity index is 1.49. The van der Waals surface area contributed by atoms with Crippen LogP contribution in [0.2, 0.25) is 0 Å². The van der Waals surface area contributed by atoms with Crippen molar-refractivity contribution in [3.8, 4) is 0 Å². The number of hydrogen-bond acceptors (Lipinski definition) is 5. The van der Waals surface area contributed by atoms with Crippen molar-refractivity contribution in [2.75, 3.05) is 11.5 Å². The summed E-state index contributed by atoms with van der Waals surface area (Å²) < 4.78 is 35.2. The van der Waals surface area contributed by atoms with Gasteiger partial charge in [0.25, 0.3) is 0 Å². The number of amides is 1. The summed E-state index contributed by atoms with van der Waals surface area (Å²) in [6, 6.07) is 15.1. The highest BCUT2D eigenvalue weighted by Crippen LogP contribution is 2.31. The minimum Gasteiger partial charge on any atom is -0.467 e. The van der Waals surface area contributed by atoms with Gasteiger partial charge in [0.05, 0.1) is 37.0 Å². The van der Waals surface area contributed by atoms with Gasteiger partial charge in [0.2, 0.25) is 5.91 Å². The van der Waals surface area contributed by atoms with Gasteiger partial charge in [-0.25, -0.2) is 8.42 Å². The monoisotopic (exact) mass is 423 g/mol. The molecular formula is C23H21NO5S. The minimum absolute atomic E-state index is 0.00544. The molecule has 6 nitrogen and oxygen atoms in total. The average Bonchev–Trinajstić information content (AvgIpc) is 3.46. The lowest BCUT2D eigenvalue weighted by molar-refractivity contribution is -0.133. The predicted octanol–water partition coefficient (Wildman–Crippen LogP) is 3.94. The Hall–Kier alpha value is -3.06. The van der Waals surface area contributed by atoms with Gasteiger partial charge in [-0.1, -0.05) is 30.3 Å². The molecule has 1 aliphatic heterocycles. The zero-order valence-electron chi connectivity index (χ0n) is 16.3. The highest BCUT2D eigenvalue weighted by Gasteiger charge is 2.35. The molecule has 1 fully saturated rings. The first-order valence-corrected chi connectivity index (χ1v) is 11.7. The van der Waals surface area contributed by atoms with Crippen molar-refractivity contribution < 1.29 is 22.0 Å². The number of rotatable bonds is 5. The number of carbonyl (C=O) groups excluding carboxylic acids is 1. The van der Waals surface area contributed by atoms with Crippen LogP contribution in [0.4, 0.5) is 0 Å². The molecule has 0 bridgehead atoms. The zero-order valence-corrected chi connectivity index (χ0v) is 17.1. The van der Waals surface area contributed by atoms with Crippen LogP contribution in [0.5, 0.6) is 0 Å². The Morgan fingerprint density at radius 1 is 1.07 bits per heavy atom. The fraction of sp³-hybridized carbons (Fsp3) is 0.261. The molecule has 2 aromatic carbocycles. The van der Waals surface area contributed by atoms with E-state index in [0.717, 1.165) is 27.3 Å². The maximum Gasteiger partial charge on any atom is 0.227 e. The van der Waals surface area contributed by atoms with Crippen LogP contribution >= 0.6 is 0 Å². The van der Waals surface area contributed by atoms with E-state index < -0.39 is 9.84 Å². The molecule has 1 amide bonds. The zero-order chi connectivity index (χ0) is 20.7. The lowest BCUT2D eigenvalue weighted by atomic mass is 10.0. The third kappa shape index (κ3) is 3.50. The number of sulfone groups is 1. The average molecular weight is 423 g/mol. The summed E-state index contributed by atoms with van der Waals surface area (Å²) in [4.78, 5) is 15.0. The molecular weight excluding hydrogens is 402 g/mol. The molecule has 3 heterocycles. The number of carbonyl (C=O) groups is 1. The molecule has 2 aromatic heterocycles. The van der Waals surface area contributed by atoms with E-state index in [1.807, 2.05) is 36.4 Å². The van der Waals surface area contributed by atoms with Crippen molar-refractivity contribution in [1.82, 2.24) is 4.90 Å². The number of nitrogens with zero attached hydrogens (tertiary/aromatic N) is 1. The summed E-state index contributed by atoms with van der Waals surface area (Å²) in [6.45, 7) is 0.253. The first-order valence-electron chi connectivity index (χ1n) is 9.90. The maximum absolute atomic E-state index is 13.4. The van der Waals surface area contributed by atoms with E-state index in [0.29, 0.717) is 12.2 Å². The molecule has 1 unspecified atom stereocenters. The van der Waals surface area contributed by atoms with Gasteiger partial charge in [0.15, 0.2) is 9.84 Å². The molecule has 0 saturated carbocycles. The number of benzene rings is 2. The Morgan fingerprint density at radius 2 is 1.93 bits per heavy atom. The summed E-state index contributed by atoms with van der Waals surface area (Å²) in [5.41, 5.74) is 1.54. The highest BCUT2D eigenvalue weighted by molar-refractivity contribution is 7.91. The van der Waals surface area contributed by atoms with Gasteiger partial charge in [-0.2, -0.15) is 0 Å². The Bertz CT molecular complexity index is 1320. The van der Waals surface area contributed by atoms with Gasteiger partial charge < -0.3 is 13.7 Å². The minimum atomic E-state index is -3.12. The van der Waals surface area contributed by atoms with E-state index in [1.165, 1.54) is 0 Å².